The zero-order valence-electron chi connectivity index (χ0n) is 23.3. The maximum absolute atomic E-state index is 13.6. The van der Waals surface area contributed by atoms with Crippen molar-refractivity contribution >= 4 is 28.9 Å². The molecular formula is C30H31N7O5. The highest BCUT2D eigenvalue weighted by Gasteiger charge is 2.32. The van der Waals surface area contributed by atoms with E-state index in [4.69, 9.17) is 0 Å². The second kappa shape index (κ2) is 10.8. The van der Waals surface area contributed by atoms with Crippen LogP contribution in [0, 0.1) is 0 Å². The third kappa shape index (κ3) is 5.00. The van der Waals surface area contributed by atoms with Crippen LogP contribution in [0.3, 0.4) is 0 Å². The molecule has 4 aromatic rings. The third-order valence-electron chi connectivity index (χ3n) is 7.78. The molecule has 1 aliphatic carbocycles. The lowest BCUT2D eigenvalue weighted by molar-refractivity contribution is -0.123. The number of carbonyl (C=O) groups is 3. The lowest BCUT2D eigenvalue weighted by Gasteiger charge is -2.34. The van der Waals surface area contributed by atoms with Gasteiger partial charge in [0.1, 0.15) is 11.6 Å². The lowest BCUT2D eigenvalue weighted by Crippen LogP contribution is -2.46. The molecule has 42 heavy (non-hydrogen) atoms. The minimum absolute atomic E-state index is 0.0920. The predicted molar refractivity (Wildman–Crippen MR) is 153 cm³/mol. The molecule has 3 aromatic heterocycles. The van der Waals surface area contributed by atoms with Crippen LogP contribution in [0.5, 0.6) is 5.75 Å². The molecular weight excluding hydrogens is 538 g/mol. The Kier molecular flexibility index (Phi) is 6.97. The lowest BCUT2D eigenvalue weighted by atomic mass is 10.1. The van der Waals surface area contributed by atoms with Crippen molar-refractivity contribution in [2.45, 2.75) is 57.8 Å². The van der Waals surface area contributed by atoms with Gasteiger partial charge in [-0.2, -0.15) is 0 Å². The number of aromatic amines is 1. The summed E-state index contributed by atoms with van der Waals surface area (Å²) < 4.78 is 1.57. The summed E-state index contributed by atoms with van der Waals surface area (Å²) >= 11 is 0. The molecule has 2 aliphatic rings. The molecule has 0 spiro atoms. The van der Waals surface area contributed by atoms with E-state index in [9.17, 15) is 24.3 Å². The molecule has 1 atom stereocenters. The number of aromatic nitrogens is 4. The van der Waals surface area contributed by atoms with Crippen LogP contribution in [-0.4, -0.2) is 59.8 Å². The van der Waals surface area contributed by atoms with E-state index >= 15 is 0 Å². The SMILES string of the molecule is CC(C)N1CCn2c(CNC(=O)C(NC(=O)c3c[nH]c4ncc(C5CC5)nc34)c3ccccc3)cc(=O)c(O)c2C1=O. The maximum Gasteiger partial charge on any atom is 0.274 e. The van der Waals surface area contributed by atoms with Gasteiger partial charge < -0.3 is 30.2 Å². The summed E-state index contributed by atoms with van der Waals surface area (Å²) in [6.45, 7) is 4.37. The van der Waals surface area contributed by atoms with Crippen molar-refractivity contribution < 1.29 is 19.5 Å². The minimum atomic E-state index is -1.06. The number of amides is 3. The first-order chi connectivity index (χ1) is 20.2. The Hall–Kier alpha value is -5.00. The first-order valence-electron chi connectivity index (χ1n) is 14.0. The molecule has 0 bridgehead atoms. The molecule has 4 heterocycles. The molecule has 3 amide bonds. The molecule has 12 heteroatoms. The first-order valence-corrected chi connectivity index (χ1v) is 14.0. The van der Waals surface area contributed by atoms with Gasteiger partial charge in [-0.05, 0) is 32.3 Å². The predicted octanol–water partition coefficient (Wildman–Crippen LogP) is 2.35. The van der Waals surface area contributed by atoms with Gasteiger partial charge in [-0.1, -0.05) is 30.3 Å². The highest BCUT2D eigenvalue weighted by Crippen LogP contribution is 2.39. The number of nitrogens with one attached hydrogen (secondary N) is 3. The van der Waals surface area contributed by atoms with Crippen molar-refractivity contribution in [3.05, 3.63) is 87.2 Å². The van der Waals surface area contributed by atoms with Crippen LogP contribution in [0.1, 0.15) is 76.4 Å². The average Bonchev–Trinajstić information content (AvgIpc) is 3.75. The number of fused-ring (bicyclic) bond motifs is 2. The number of hydrogen-bond acceptors (Lipinski definition) is 7. The van der Waals surface area contributed by atoms with Gasteiger partial charge in [0.2, 0.25) is 11.3 Å². The molecule has 1 fully saturated rings. The largest absolute Gasteiger partial charge is 0.503 e. The van der Waals surface area contributed by atoms with Crippen LogP contribution >= 0.6 is 0 Å². The van der Waals surface area contributed by atoms with Crippen LogP contribution in [0.15, 0.2) is 53.6 Å². The third-order valence-corrected chi connectivity index (χ3v) is 7.78. The van der Waals surface area contributed by atoms with Crippen LogP contribution in [0.2, 0.25) is 0 Å². The maximum atomic E-state index is 13.6. The summed E-state index contributed by atoms with van der Waals surface area (Å²) in [5, 5.41) is 16.1. The molecule has 0 radical (unpaired) electrons. The fourth-order valence-electron chi connectivity index (χ4n) is 5.33. The van der Waals surface area contributed by atoms with Gasteiger partial charge in [-0.25, -0.2) is 9.97 Å². The van der Waals surface area contributed by atoms with Crippen molar-refractivity contribution in [1.82, 2.24) is 35.1 Å². The zero-order chi connectivity index (χ0) is 29.5. The Bertz CT molecular complexity index is 1760. The monoisotopic (exact) mass is 569 g/mol. The van der Waals surface area contributed by atoms with Crippen molar-refractivity contribution in [2.75, 3.05) is 6.54 Å². The van der Waals surface area contributed by atoms with Gasteiger partial charge >= 0.3 is 0 Å². The summed E-state index contributed by atoms with van der Waals surface area (Å²) in [7, 11) is 0. The molecule has 4 N–H and O–H groups in total. The van der Waals surface area contributed by atoms with E-state index in [1.165, 1.54) is 12.3 Å². The summed E-state index contributed by atoms with van der Waals surface area (Å²) in [6.07, 6.45) is 5.34. The fraction of sp³-hybridized carbons (Fsp3) is 0.333. The molecule has 216 valence electrons. The van der Waals surface area contributed by atoms with E-state index in [0.717, 1.165) is 18.5 Å². The van der Waals surface area contributed by atoms with Gasteiger partial charge in [0.05, 0.1) is 24.0 Å². The second-order valence-electron chi connectivity index (χ2n) is 10.9. The number of hydrogen-bond donors (Lipinski definition) is 4. The number of carbonyl (C=O) groups excluding carboxylic acids is 3. The number of benzene rings is 1. The van der Waals surface area contributed by atoms with Gasteiger partial charge in [0.25, 0.3) is 11.8 Å². The van der Waals surface area contributed by atoms with Crippen LogP contribution < -0.4 is 16.1 Å². The number of aromatic hydroxyl groups is 1. The van der Waals surface area contributed by atoms with Crippen LogP contribution in [-0.2, 0) is 17.9 Å². The summed E-state index contributed by atoms with van der Waals surface area (Å²) in [5.74, 6) is -1.70. The second-order valence-corrected chi connectivity index (χ2v) is 10.9. The molecule has 1 unspecified atom stereocenters. The van der Waals surface area contributed by atoms with E-state index in [2.05, 4.69) is 25.6 Å². The van der Waals surface area contributed by atoms with Gasteiger partial charge in [-0.3, -0.25) is 19.2 Å². The van der Waals surface area contributed by atoms with E-state index in [1.54, 1.807) is 39.9 Å². The molecule has 1 saturated carbocycles. The Balaban J connectivity index is 1.26. The van der Waals surface area contributed by atoms with Crippen molar-refractivity contribution in [2.24, 2.45) is 0 Å². The standard InChI is InChI=1S/C30H31N7O5/c1-16(2)36-10-11-37-19(12-22(38)26(39)25(37)30(36)42)13-33-29(41)23(18-6-4-3-5-7-18)35-28(40)20-14-31-27-24(20)34-21(15-32-27)17-8-9-17/h3-7,12,14-17,23,39H,8-11,13H2,1-2H3,(H,31,32)(H,33,41)(H,35,40). The summed E-state index contributed by atoms with van der Waals surface area (Å²) in [5.41, 5.74) is 2.18. The first kappa shape index (κ1) is 27.2. The molecule has 6 rings (SSSR count). The Labute approximate surface area is 240 Å². The Morgan fingerprint density at radius 3 is 2.62 bits per heavy atom. The van der Waals surface area contributed by atoms with E-state index < -0.39 is 34.9 Å². The van der Waals surface area contributed by atoms with Gasteiger partial charge in [-0.15, -0.1) is 0 Å². The summed E-state index contributed by atoms with van der Waals surface area (Å²) in [6, 6.07) is 8.85. The van der Waals surface area contributed by atoms with E-state index in [0.29, 0.717) is 41.4 Å². The van der Waals surface area contributed by atoms with Gasteiger partial charge in [0.15, 0.2) is 17.1 Å². The number of nitrogens with zero attached hydrogens (tertiary/aromatic N) is 4. The number of rotatable bonds is 8. The van der Waals surface area contributed by atoms with Gasteiger partial charge in [0, 0.05) is 43.0 Å². The molecule has 1 aliphatic heterocycles. The topological polar surface area (TPSA) is 162 Å². The highest BCUT2D eigenvalue weighted by atomic mass is 16.3. The van der Waals surface area contributed by atoms with Crippen molar-refractivity contribution in [3.63, 3.8) is 0 Å². The minimum Gasteiger partial charge on any atom is -0.503 e. The number of H-pyrrole nitrogens is 1. The normalized spacial score (nSPS) is 15.5. The van der Waals surface area contributed by atoms with Crippen molar-refractivity contribution in [1.29, 1.82) is 0 Å². The molecule has 0 saturated heterocycles. The van der Waals surface area contributed by atoms with Crippen molar-refractivity contribution in [3.8, 4) is 5.75 Å². The fourth-order valence-corrected chi connectivity index (χ4v) is 5.33. The van der Waals surface area contributed by atoms with E-state index in [-0.39, 0.29) is 23.8 Å². The summed E-state index contributed by atoms with van der Waals surface area (Å²) in [4.78, 5) is 66.3. The van der Waals surface area contributed by atoms with Crippen LogP contribution in [0.4, 0.5) is 0 Å². The molecule has 12 nitrogen and oxygen atoms in total. The quantitative estimate of drug-likeness (QED) is 0.253. The zero-order valence-corrected chi connectivity index (χ0v) is 23.3. The van der Waals surface area contributed by atoms with E-state index in [1.807, 2.05) is 19.9 Å². The molecule has 1 aromatic carbocycles. The Morgan fingerprint density at radius 1 is 1.14 bits per heavy atom. The average molecular weight is 570 g/mol. The smallest absolute Gasteiger partial charge is 0.274 e. The Morgan fingerprint density at radius 2 is 1.90 bits per heavy atom. The number of pyridine rings is 1. The highest BCUT2D eigenvalue weighted by molar-refractivity contribution is 6.06. The van der Waals surface area contributed by atoms with Crippen LogP contribution in [0.25, 0.3) is 11.2 Å².